The van der Waals surface area contributed by atoms with Gasteiger partial charge in [-0.3, -0.25) is 9.59 Å². The minimum Gasteiger partial charge on any atom is -0.489 e. The smallest absolute Gasteiger partial charge is 0.255 e. The van der Waals surface area contributed by atoms with E-state index in [0.29, 0.717) is 23.4 Å². The van der Waals surface area contributed by atoms with Gasteiger partial charge in [0.2, 0.25) is 0 Å². The summed E-state index contributed by atoms with van der Waals surface area (Å²) in [5.41, 5.74) is 2.68. The van der Waals surface area contributed by atoms with Gasteiger partial charge in [0.15, 0.2) is 5.78 Å². The maximum atomic E-state index is 12.4. The SMILES string of the molecule is CC(=O)c1cccc(NC(=O)c2ccc(COc3ccccc3)cc2)c1. The number of benzene rings is 3. The molecule has 0 spiro atoms. The van der Waals surface area contributed by atoms with Gasteiger partial charge in [-0.25, -0.2) is 0 Å². The molecule has 4 heteroatoms. The zero-order chi connectivity index (χ0) is 18.4. The second-order valence-electron chi connectivity index (χ2n) is 5.89. The van der Waals surface area contributed by atoms with Crippen LogP contribution in [-0.2, 0) is 6.61 Å². The first-order valence-corrected chi connectivity index (χ1v) is 8.31. The molecule has 0 saturated heterocycles. The number of rotatable bonds is 6. The number of para-hydroxylation sites is 1. The summed E-state index contributed by atoms with van der Waals surface area (Å²) in [7, 11) is 0. The van der Waals surface area contributed by atoms with Gasteiger partial charge in [-0.05, 0) is 48.9 Å². The van der Waals surface area contributed by atoms with Gasteiger partial charge in [-0.1, -0.05) is 42.5 Å². The van der Waals surface area contributed by atoms with Crippen molar-refractivity contribution in [1.82, 2.24) is 0 Å². The molecule has 130 valence electrons. The van der Waals surface area contributed by atoms with Crippen molar-refractivity contribution in [3.8, 4) is 5.75 Å². The van der Waals surface area contributed by atoms with Crippen LogP contribution in [0.2, 0.25) is 0 Å². The second-order valence-corrected chi connectivity index (χ2v) is 5.89. The number of hydrogen-bond acceptors (Lipinski definition) is 3. The molecule has 3 aromatic carbocycles. The normalized spacial score (nSPS) is 10.2. The maximum absolute atomic E-state index is 12.4. The number of nitrogens with one attached hydrogen (secondary N) is 1. The molecule has 4 nitrogen and oxygen atoms in total. The Balaban J connectivity index is 1.61. The van der Waals surface area contributed by atoms with Gasteiger partial charge in [0.1, 0.15) is 12.4 Å². The van der Waals surface area contributed by atoms with Gasteiger partial charge < -0.3 is 10.1 Å². The molecule has 1 N–H and O–H groups in total. The lowest BCUT2D eigenvalue weighted by atomic mass is 10.1. The zero-order valence-corrected chi connectivity index (χ0v) is 14.4. The molecule has 0 aliphatic rings. The molecular formula is C22H19NO3. The number of anilines is 1. The lowest BCUT2D eigenvalue weighted by molar-refractivity contribution is 0.101. The lowest BCUT2D eigenvalue weighted by Gasteiger charge is -2.08. The minimum atomic E-state index is -0.221. The first-order chi connectivity index (χ1) is 12.6. The third-order valence-electron chi connectivity index (χ3n) is 3.89. The van der Waals surface area contributed by atoms with E-state index < -0.39 is 0 Å². The predicted octanol–water partition coefficient (Wildman–Crippen LogP) is 4.72. The van der Waals surface area contributed by atoms with E-state index >= 15 is 0 Å². The molecule has 3 rings (SSSR count). The Morgan fingerprint density at radius 1 is 0.846 bits per heavy atom. The van der Waals surface area contributed by atoms with Crippen LogP contribution in [0.15, 0.2) is 78.9 Å². The van der Waals surface area contributed by atoms with Crippen molar-refractivity contribution >= 4 is 17.4 Å². The van der Waals surface area contributed by atoms with Gasteiger partial charge in [0, 0.05) is 16.8 Å². The molecule has 1 amide bonds. The highest BCUT2D eigenvalue weighted by Gasteiger charge is 2.08. The van der Waals surface area contributed by atoms with Gasteiger partial charge in [-0.2, -0.15) is 0 Å². The van der Waals surface area contributed by atoms with E-state index in [9.17, 15) is 9.59 Å². The van der Waals surface area contributed by atoms with E-state index in [-0.39, 0.29) is 11.7 Å². The molecule has 0 heterocycles. The second kappa shape index (κ2) is 8.12. The maximum Gasteiger partial charge on any atom is 0.255 e. The summed E-state index contributed by atoms with van der Waals surface area (Å²) >= 11 is 0. The standard InChI is InChI=1S/C22H19NO3/c1-16(24)19-6-5-7-20(14-19)23-22(25)18-12-10-17(11-13-18)15-26-21-8-3-2-4-9-21/h2-14H,15H2,1H3,(H,23,25). The molecule has 0 fully saturated rings. The minimum absolute atomic E-state index is 0.0381. The first-order valence-electron chi connectivity index (χ1n) is 8.31. The van der Waals surface area contributed by atoms with E-state index in [1.165, 1.54) is 6.92 Å². The summed E-state index contributed by atoms with van der Waals surface area (Å²) in [6.45, 7) is 1.93. The largest absolute Gasteiger partial charge is 0.489 e. The number of amides is 1. The van der Waals surface area contributed by atoms with E-state index in [2.05, 4.69) is 5.32 Å². The highest BCUT2D eigenvalue weighted by atomic mass is 16.5. The van der Waals surface area contributed by atoms with Gasteiger partial charge in [-0.15, -0.1) is 0 Å². The van der Waals surface area contributed by atoms with Crippen LogP contribution in [0.4, 0.5) is 5.69 Å². The number of ketones is 1. The molecule has 26 heavy (non-hydrogen) atoms. The van der Waals surface area contributed by atoms with Crippen molar-refractivity contribution in [3.63, 3.8) is 0 Å². The molecule has 0 unspecified atom stereocenters. The fourth-order valence-electron chi connectivity index (χ4n) is 2.45. The zero-order valence-electron chi connectivity index (χ0n) is 14.4. The van der Waals surface area contributed by atoms with Crippen LogP contribution in [-0.4, -0.2) is 11.7 Å². The molecular weight excluding hydrogens is 326 g/mol. The Morgan fingerprint density at radius 3 is 2.27 bits per heavy atom. The van der Waals surface area contributed by atoms with Crippen molar-refractivity contribution in [2.45, 2.75) is 13.5 Å². The third-order valence-corrected chi connectivity index (χ3v) is 3.89. The van der Waals surface area contributed by atoms with Crippen molar-refractivity contribution in [1.29, 1.82) is 0 Å². The van der Waals surface area contributed by atoms with Crippen molar-refractivity contribution < 1.29 is 14.3 Å². The molecule has 0 saturated carbocycles. The van der Waals surface area contributed by atoms with E-state index in [1.807, 2.05) is 42.5 Å². The van der Waals surface area contributed by atoms with Crippen LogP contribution < -0.4 is 10.1 Å². The Bertz CT molecular complexity index is 902. The van der Waals surface area contributed by atoms with Crippen molar-refractivity contribution in [2.24, 2.45) is 0 Å². The summed E-state index contributed by atoms with van der Waals surface area (Å²) in [5, 5.41) is 2.81. The van der Waals surface area contributed by atoms with E-state index in [1.54, 1.807) is 36.4 Å². The van der Waals surface area contributed by atoms with Crippen LogP contribution in [0.5, 0.6) is 5.75 Å². The quantitative estimate of drug-likeness (QED) is 0.658. The van der Waals surface area contributed by atoms with E-state index in [0.717, 1.165) is 11.3 Å². The van der Waals surface area contributed by atoms with Crippen LogP contribution in [0.25, 0.3) is 0 Å². The Hall–Kier alpha value is -3.40. The molecule has 0 bridgehead atoms. The lowest BCUT2D eigenvalue weighted by Crippen LogP contribution is -2.12. The molecule has 3 aromatic rings. The van der Waals surface area contributed by atoms with E-state index in [4.69, 9.17) is 4.74 Å². The highest BCUT2D eigenvalue weighted by molar-refractivity contribution is 6.05. The molecule has 0 aliphatic carbocycles. The highest BCUT2D eigenvalue weighted by Crippen LogP contribution is 2.15. The number of hydrogen-bond donors (Lipinski definition) is 1. The summed E-state index contributed by atoms with van der Waals surface area (Å²) in [6.07, 6.45) is 0. The fraction of sp³-hybridized carbons (Fsp3) is 0.0909. The Labute approximate surface area is 152 Å². The number of ether oxygens (including phenoxy) is 1. The average Bonchev–Trinajstić information content (AvgIpc) is 2.68. The predicted molar refractivity (Wildman–Crippen MR) is 102 cm³/mol. The summed E-state index contributed by atoms with van der Waals surface area (Å²) in [5.74, 6) is 0.546. The average molecular weight is 345 g/mol. The van der Waals surface area contributed by atoms with Crippen LogP contribution in [0.3, 0.4) is 0 Å². The molecule has 0 aliphatic heterocycles. The van der Waals surface area contributed by atoms with Crippen LogP contribution in [0, 0.1) is 0 Å². The topological polar surface area (TPSA) is 55.4 Å². The van der Waals surface area contributed by atoms with Crippen molar-refractivity contribution in [3.05, 3.63) is 95.6 Å². The summed E-state index contributed by atoms with van der Waals surface area (Å²) < 4.78 is 5.69. The summed E-state index contributed by atoms with van der Waals surface area (Å²) in [4.78, 5) is 23.8. The van der Waals surface area contributed by atoms with Crippen molar-refractivity contribution in [2.75, 3.05) is 5.32 Å². The van der Waals surface area contributed by atoms with Gasteiger partial charge in [0.05, 0.1) is 0 Å². The first kappa shape index (κ1) is 17.4. The number of carbonyl (C=O) groups is 2. The van der Waals surface area contributed by atoms with Gasteiger partial charge >= 0.3 is 0 Å². The summed E-state index contributed by atoms with van der Waals surface area (Å²) in [6, 6.07) is 23.7. The van der Waals surface area contributed by atoms with Crippen LogP contribution in [0.1, 0.15) is 33.2 Å². The third kappa shape index (κ3) is 4.57. The fourth-order valence-corrected chi connectivity index (χ4v) is 2.45. The monoisotopic (exact) mass is 345 g/mol. The number of Topliss-reactive ketones (excluding diaryl/α,β-unsaturated/α-hetero) is 1. The Kier molecular flexibility index (Phi) is 5.44. The Morgan fingerprint density at radius 2 is 1.58 bits per heavy atom. The van der Waals surface area contributed by atoms with Crippen LogP contribution >= 0.6 is 0 Å². The van der Waals surface area contributed by atoms with Gasteiger partial charge in [0.25, 0.3) is 5.91 Å². The molecule has 0 atom stereocenters. The molecule has 0 aromatic heterocycles. The number of carbonyl (C=O) groups excluding carboxylic acids is 2. The molecule has 0 radical (unpaired) electrons.